The summed E-state index contributed by atoms with van der Waals surface area (Å²) in [4.78, 5) is 15.1. The average Bonchev–Trinajstić information content (AvgIpc) is 3.41. The van der Waals surface area contributed by atoms with Crippen LogP contribution in [0.15, 0.2) is 48.5 Å². The summed E-state index contributed by atoms with van der Waals surface area (Å²) in [7, 11) is 1.58. The van der Waals surface area contributed by atoms with E-state index >= 15 is 0 Å². The molecular formula is C21H23NO3. The highest BCUT2D eigenvalue weighted by atomic mass is 16.5. The molecule has 2 aliphatic rings. The highest BCUT2D eigenvalue weighted by molar-refractivity contribution is 5.83. The number of ether oxygens (including phenoxy) is 1. The molecule has 0 heterocycles. The van der Waals surface area contributed by atoms with Crippen LogP contribution in [0, 0.1) is 0 Å². The second kappa shape index (κ2) is 6.52. The summed E-state index contributed by atoms with van der Waals surface area (Å²) in [5.41, 5.74) is 3.14. The van der Waals surface area contributed by atoms with E-state index in [0.29, 0.717) is 11.3 Å². The lowest BCUT2D eigenvalue weighted by atomic mass is 10.0. The highest BCUT2D eigenvalue weighted by Gasteiger charge is 2.42. The smallest absolute Gasteiger partial charge is 0.256 e. The number of aliphatic hydroxyl groups is 1. The Kier molecular flexibility index (Phi) is 4.22. The molecule has 0 aliphatic heterocycles. The number of methoxy groups -OCH3 is 1. The number of hydrogen-bond donors (Lipinski definition) is 1. The summed E-state index contributed by atoms with van der Waals surface area (Å²) in [6.07, 6.45) is 2.83. The molecule has 130 valence electrons. The molecule has 1 fully saturated rings. The molecule has 1 saturated carbocycles. The number of hydrogen-bond acceptors (Lipinski definition) is 3. The number of fused-ring (bicyclic) bond motifs is 1. The fraction of sp³-hybridized carbons (Fsp3) is 0.381. The minimum atomic E-state index is -1.15. The second-order valence-corrected chi connectivity index (χ2v) is 6.91. The minimum absolute atomic E-state index is 0.0801. The van der Waals surface area contributed by atoms with Crippen LogP contribution in [-0.4, -0.2) is 29.1 Å². The van der Waals surface area contributed by atoms with Crippen molar-refractivity contribution in [3.63, 3.8) is 0 Å². The highest BCUT2D eigenvalue weighted by Crippen LogP contribution is 2.43. The van der Waals surface area contributed by atoms with Crippen molar-refractivity contribution < 1.29 is 14.6 Å². The molecule has 1 amide bonds. The zero-order valence-corrected chi connectivity index (χ0v) is 14.4. The zero-order valence-electron chi connectivity index (χ0n) is 14.4. The third-order valence-electron chi connectivity index (χ3n) is 5.28. The number of carbonyl (C=O) groups is 1. The van der Waals surface area contributed by atoms with Crippen LogP contribution in [0.5, 0.6) is 5.75 Å². The van der Waals surface area contributed by atoms with Crippen LogP contribution in [0.2, 0.25) is 0 Å². The molecule has 0 bridgehead atoms. The Morgan fingerprint density at radius 3 is 2.72 bits per heavy atom. The first-order valence-corrected chi connectivity index (χ1v) is 8.91. The van der Waals surface area contributed by atoms with Gasteiger partial charge in [-0.25, -0.2) is 0 Å². The number of aliphatic hydroxyl groups excluding tert-OH is 1. The lowest BCUT2D eigenvalue weighted by molar-refractivity contribution is -0.144. The third-order valence-corrected chi connectivity index (χ3v) is 5.28. The summed E-state index contributed by atoms with van der Waals surface area (Å²) in [5, 5.41) is 10.7. The van der Waals surface area contributed by atoms with Crippen molar-refractivity contribution in [1.29, 1.82) is 0 Å². The Morgan fingerprint density at radius 1 is 1.16 bits per heavy atom. The fourth-order valence-electron chi connectivity index (χ4n) is 3.86. The Balaban J connectivity index is 1.62. The standard InChI is InChI=1S/C21H23NO3/c1-25-17-7-4-6-15(13-17)20(23)21(24)22(16-10-11-16)19-12-9-14-5-2-3-8-18(14)19/h2-8,13,16,19-20,23H,9-12H2,1H3. The van der Waals surface area contributed by atoms with E-state index in [0.717, 1.165) is 25.7 Å². The largest absolute Gasteiger partial charge is 0.497 e. The molecule has 4 nitrogen and oxygen atoms in total. The summed E-state index contributed by atoms with van der Waals surface area (Å²) in [5.74, 6) is 0.450. The van der Waals surface area contributed by atoms with Crippen LogP contribution >= 0.6 is 0 Å². The first kappa shape index (κ1) is 16.2. The normalized spacial score (nSPS) is 20.0. The van der Waals surface area contributed by atoms with E-state index in [1.165, 1.54) is 11.1 Å². The molecule has 0 radical (unpaired) electrons. The van der Waals surface area contributed by atoms with Crippen LogP contribution in [0.25, 0.3) is 0 Å². The van der Waals surface area contributed by atoms with Crippen LogP contribution in [0.1, 0.15) is 48.1 Å². The van der Waals surface area contributed by atoms with Gasteiger partial charge in [-0.2, -0.15) is 0 Å². The van der Waals surface area contributed by atoms with Crippen LogP contribution in [0.3, 0.4) is 0 Å². The van der Waals surface area contributed by atoms with Crippen molar-refractivity contribution in [3.8, 4) is 5.75 Å². The molecule has 2 aromatic carbocycles. The molecule has 0 saturated heterocycles. The first-order chi connectivity index (χ1) is 12.2. The molecular weight excluding hydrogens is 314 g/mol. The van der Waals surface area contributed by atoms with E-state index in [-0.39, 0.29) is 18.0 Å². The molecule has 0 spiro atoms. The minimum Gasteiger partial charge on any atom is -0.497 e. The molecule has 4 heteroatoms. The van der Waals surface area contributed by atoms with Gasteiger partial charge in [-0.05, 0) is 54.5 Å². The topological polar surface area (TPSA) is 49.8 Å². The van der Waals surface area contributed by atoms with Crippen molar-refractivity contribution in [2.24, 2.45) is 0 Å². The lowest BCUT2D eigenvalue weighted by Crippen LogP contribution is -2.39. The Labute approximate surface area is 148 Å². The predicted octanol–water partition coefficient (Wildman–Crippen LogP) is 3.41. The molecule has 2 aromatic rings. The maximum atomic E-state index is 13.2. The number of benzene rings is 2. The van der Waals surface area contributed by atoms with E-state index in [1.54, 1.807) is 25.3 Å². The van der Waals surface area contributed by atoms with Gasteiger partial charge in [-0.3, -0.25) is 4.79 Å². The van der Waals surface area contributed by atoms with Gasteiger partial charge in [0.2, 0.25) is 0 Å². The van der Waals surface area contributed by atoms with Crippen LogP contribution < -0.4 is 4.74 Å². The van der Waals surface area contributed by atoms with Crippen molar-refractivity contribution in [3.05, 3.63) is 65.2 Å². The number of carbonyl (C=O) groups excluding carboxylic acids is 1. The van der Waals surface area contributed by atoms with E-state index in [1.807, 2.05) is 17.0 Å². The second-order valence-electron chi connectivity index (χ2n) is 6.91. The maximum Gasteiger partial charge on any atom is 0.256 e. The fourth-order valence-corrected chi connectivity index (χ4v) is 3.86. The maximum absolute atomic E-state index is 13.2. The predicted molar refractivity (Wildman–Crippen MR) is 95.3 cm³/mol. The van der Waals surface area contributed by atoms with Crippen molar-refractivity contribution in [1.82, 2.24) is 4.90 Å². The van der Waals surface area contributed by atoms with Gasteiger partial charge in [0.25, 0.3) is 5.91 Å². The van der Waals surface area contributed by atoms with Gasteiger partial charge >= 0.3 is 0 Å². The molecule has 4 rings (SSSR count). The van der Waals surface area contributed by atoms with Crippen molar-refractivity contribution in [2.75, 3.05) is 7.11 Å². The molecule has 25 heavy (non-hydrogen) atoms. The van der Waals surface area contributed by atoms with Gasteiger partial charge in [0.1, 0.15) is 5.75 Å². The van der Waals surface area contributed by atoms with E-state index in [4.69, 9.17) is 4.74 Å². The summed E-state index contributed by atoms with van der Waals surface area (Å²) >= 11 is 0. The number of aryl methyl sites for hydroxylation is 1. The zero-order chi connectivity index (χ0) is 17.4. The van der Waals surface area contributed by atoms with Crippen LogP contribution in [0.4, 0.5) is 0 Å². The number of amides is 1. The molecule has 1 N–H and O–H groups in total. The van der Waals surface area contributed by atoms with E-state index in [2.05, 4.69) is 18.2 Å². The van der Waals surface area contributed by atoms with Gasteiger partial charge in [-0.1, -0.05) is 36.4 Å². The first-order valence-electron chi connectivity index (χ1n) is 8.91. The van der Waals surface area contributed by atoms with Gasteiger partial charge in [0, 0.05) is 6.04 Å². The summed E-state index contributed by atoms with van der Waals surface area (Å²) in [6, 6.07) is 15.8. The third kappa shape index (κ3) is 3.02. The quantitative estimate of drug-likeness (QED) is 0.910. The van der Waals surface area contributed by atoms with Crippen molar-refractivity contribution >= 4 is 5.91 Å². The SMILES string of the molecule is COc1cccc(C(O)C(=O)N(C2CC2)C2CCc3ccccc32)c1. The summed E-state index contributed by atoms with van der Waals surface area (Å²) < 4.78 is 5.22. The van der Waals surface area contributed by atoms with E-state index in [9.17, 15) is 9.90 Å². The van der Waals surface area contributed by atoms with Crippen molar-refractivity contribution in [2.45, 2.75) is 43.9 Å². The molecule has 2 aliphatic carbocycles. The molecule has 2 unspecified atom stereocenters. The lowest BCUT2D eigenvalue weighted by Gasteiger charge is -2.32. The monoisotopic (exact) mass is 337 g/mol. The van der Waals surface area contributed by atoms with Gasteiger partial charge in [-0.15, -0.1) is 0 Å². The Hall–Kier alpha value is -2.33. The molecule has 0 aromatic heterocycles. The molecule has 2 atom stereocenters. The summed E-state index contributed by atoms with van der Waals surface area (Å²) in [6.45, 7) is 0. The Morgan fingerprint density at radius 2 is 1.96 bits per heavy atom. The number of nitrogens with zero attached hydrogens (tertiary/aromatic N) is 1. The van der Waals surface area contributed by atoms with Crippen LogP contribution in [-0.2, 0) is 11.2 Å². The number of rotatable bonds is 5. The van der Waals surface area contributed by atoms with Gasteiger partial charge in [0.15, 0.2) is 6.10 Å². The van der Waals surface area contributed by atoms with Gasteiger partial charge < -0.3 is 14.7 Å². The van der Waals surface area contributed by atoms with E-state index < -0.39 is 6.10 Å². The Bertz CT molecular complexity index is 784. The van der Waals surface area contributed by atoms with Gasteiger partial charge in [0.05, 0.1) is 13.2 Å². The average molecular weight is 337 g/mol.